The number of benzene rings is 3. The Bertz CT molecular complexity index is 1320. The number of ether oxygens (including phenoxy) is 1. The molecule has 1 aromatic heterocycles. The molecule has 4 rings (SSSR count). The Balaban J connectivity index is 1.41. The second-order valence-corrected chi connectivity index (χ2v) is 7.36. The molecule has 0 spiro atoms. The Morgan fingerprint density at radius 1 is 0.875 bits per heavy atom. The Morgan fingerprint density at radius 2 is 1.72 bits per heavy atom. The van der Waals surface area contributed by atoms with Crippen LogP contribution in [0.1, 0.15) is 22.4 Å². The maximum atomic E-state index is 14.6. The van der Waals surface area contributed by atoms with Crippen LogP contribution in [-0.4, -0.2) is 11.6 Å². The van der Waals surface area contributed by atoms with Gasteiger partial charge in [-0.1, -0.05) is 42.7 Å². The first-order chi connectivity index (χ1) is 15.6. The van der Waals surface area contributed by atoms with E-state index in [0.29, 0.717) is 30.8 Å². The zero-order valence-electron chi connectivity index (χ0n) is 17.4. The molecular weight excluding hydrogens is 404 g/mol. The molecule has 4 aromatic rings. The minimum Gasteiger partial charge on any atom is -0.488 e. The second kappa shape index (κ2) is 9.89. The van der Waals surface area contributed by atoms with Gasteiger partial charge in [0.05, 0.1) is 11.8 Å². The number of aryl methyl sites for hydroxylation is 2. The fourth-order valence-electron chi connectivity index (χ4n) is 3.32. The molecule has 0 aliphatic carbocycles. The Hall–Kier alpha value is -3.97. The molecule has 158 valence electrons. The molecule has 32 heavy (non-hydrogen) atoms. The van der Waals surface area contributed by atoms with Crippen molar-refractivity contribution in [3.05, 3.63) is 120 Å². The molecule has 0 fully saturated rings. The molecule has 0 saturated carbocycles. The minimum absolute atomic E-state index is 0.274. The lowest BCUT2D eigenvalue weighted by molar-refractivity contribution is 0.361. The quantitative estimate of drug-likeness (QED) is 0.269. The van der Waals surface area contributed by atoms with Gasteiger partial charge in [0, 0.05) is 11.3 Å². The van der Waals surface area contributed by atoms with Crippen molar-refractivity contribution in [1.29, 1.82) is 0 Å². The van der Waals surface area contributed by atoms with E-state index in [9.17, 15) is 8.78 Å². The number of hydrogen-bond donors (Lipinski definition) is 0. The third kappa shape index (κ3) is 5.39. The summed E-state index contributed by atoms with van der Waals surface area (Å²) in [5.41, 5.74) is 2.89. The van der Waals surface area contributed by atoms with Crippen LogP contribution in [0.3, 0.4) is 0 Å². The molecule has 0 aliphatic heterocycles. The van der Waals surface area contributed by atoms with Crippen LogP contribution < -0.4 is 4.74 Å². The van der Waals surface area contributed by atoms with Crippen LogP contribution in [0.5, 0.6) is 5.75 Å². The van der Waals surface area contributed by atoms with E-state index in [1.807, 2.05) is 36.4 Å². The maximum Gasteiger partial charge on any atom is 0.139 e. The van der Waals surface area contributed by atoms with Crippen LogP contribution in [0.25, 0.3) is 10.8 Å². The molecule has 0 bridgehead atoms. The van der Waals surface area contributed by atoms with Gasteiger partial charge in [-0.05, 0) is 77.7 Å². The average molecular weight is 425 g/mol. The minimum atomic E-state index is -0.348. The standard InChI is InChI=1S/C28H21F2NO/c1-2-15-32-27-14-13-26(31-19-27)12-6-21-4-8-22(28(30)17-21)7-3-20-5-9-24-18-25(29)11-10-23(24)16-20/h2,4-5,8-11,13-14,16-19H,1,6,12,15H2. The van der Waals surface area contributed by atoms with Crippen LogP contribution in [0.4, 0.5) is 8.78 Å². The Labute approximate surface area is 186 Å². The van der Waals surface area contributed by atoms with Gasteiger partial charge in [0.15, 0.2) is 0 Å². The van der Waals surface area contributed by atoms with E-state index >= 15 is 0 Å². The molecule has 0 saturated heterocycles. The molecular formula is C28H21F2NO. The number of fused-ring (bicyclic) bond motifs is 1. The monoisotopic (exact) mass is 425 g/mol. The molecule has 1 heterocycles. The van der Waals surface area contributed by atoms with Crippen molar-refractivity contribution in [1.82, 2.24) is 4.98 Å². The molecule has 3 aromatic carbocycles. The van der Waals surface area contributed by atoms with Crippen LogP contribution in [0.15, 0.2) is 85.6 Å². The third-order valence-corrected chi connectivity index (χ3v) is 5.01. The molecule has 4 heteroatoms. The highest BCUT2D eigenvalue weighted by atomic mass is 19.1. The summed E-state index contributed by atoms with van der Waals surface area (Å²) in [6.07, 6.45) is 4.73. The summed E-state index contributed by atoms with van der Waals surface area (Å²) in [5.74, 6) is 5.96. The lowest BCUT2D eigenvalue weighted by atomic mass is 10.0. The van der Waals surface area contributed by atoms with Crippen molar-refractivity contribution in [2.45, 2.75) is 12.8 Å². The highest BCUT2D eigenvalue weighted by molar-refractivity contribution is 5.84. The highest BCUT2D eigenvalue weighted by Gasteiger charge is 2.04. The smallest absolute Gasteiger partial charge is 0.139 e. The van der Waals surface area contributed by atoms with Crippen molar-refractivity contribution >= 4 is 10.8 Å². The highest BCUT2D eigenvalue weighted by Crippen LogP contribution is 2.18. The van der Waals surface area contributed by atoms with Gasteiger partial charge in [0.1, 0.15) is 24.0 Å². The molecule has 0 N–H and O–H groups in total. The summed E-state index contributed by atoms with van der Waals surface area (Å²) < 4.78 is 33.3. The predicted octanol–water partition coefficient (Wildman–Crippen LogP) is 6.26. The van der Waals surface area contributed by atoms with Gasteiger partial charge in [-0.2, -0.15) is 0 Å². The number of pyridine rings is 1. The zero-order valence-corrected chi connectivity index (χ0v) is 17.4. The first-order valence-corrected chi connectivity index (χ1v) is 10.3. The number of rotatable bonds is 6. The number of hydrogen-bond acceptors (Lipinski definition) is 2. The normalized spacial score (nSPS) is 10.4. The van der Waals surface area contributed by atoms with Crippen molar-refractivity contribution in [3.8, 4) is 17.6 Å². The van der Waals surface area contributed by atoms with E-state index in [2.05, 4.69) is 23.4 Å². The van der Waals surface area contributed by atoms with Crippen molar-refractivity contribution in [2.75, 3.05) is 6.61 Å². The van der Waals surface area contributed by atoms with Crippen LogP contribution in [0, 0.1) is 23.5 Å². The first-order valence-electron chi connectivity index (χ1n) is 10.3. The Morgan fingerprint density at radius 3 is 2.50 bits per heavy atom. The summed E-state index contributed by atoms with van der Waals surface area (Å²) in [5, 5.41) is 1.70. The second-order valence-electron chi connectivity index (χ2n) is 7.36. The van der Waals surface area contributed by atoms with Gasteiger partial charge in [-0.25, -0.2) is 8.78 Å². The summed E-state index contributed by atoms with van der Waals surface area (Å²) in [6, 6.07) is 19.0. The maximum absolute atomic E-state index is 14.6. The average Bonchev–Trinajstić information content (AvgIpc) is 2.81. The van der Waals surface area contributed by atoms with Gasteiger partial charge >= 0.3 is 0 Å². The topological polar surface area (TPSA) is 22.1 Å². The molecule has 0 amide bonds. The van der Waals surface area contributed by atoms with E-state index < -0.39 is 0 Å². The number of nitrogens with zero attached hydrogens (tertiary/aromatic N) is 1. The summed E-state index contributed by atoms with van der Waals surface area (Å²) in [7, 11) is 0. The van der Waals surface area contributed by atoms with Crippen molar-refractivity contribution < 1.29 is 13.5 Å². The summed E-state index contributed by atoms with van der Waals surface area (Å²) >= 11 is 0. The fourth-order valence-corrected chi connectivity index (χ4v) is 3.32. The van der Waals surface area contributed by atoms with E-state index in [1.165, 1.54) is 18.2 Å². The van der Waals surface area contributed by atoms with Gasteiger partial charge in [0.2, 0.25) is 0 Å². The van der Waals surface area contributed by atoms with E-state index in [0.717, 1.165) is 27.6 Å². The molecule has 2 nitrogen and oxygen atoms in total. The van der Waals surface area contributed by atoms with Crippen molar-refractivity contribution in [2.24, 2.45) is 0 Å². The summed E-state index contributed by atoms with van der Waals surface area (Å²) in [6.45, 7) is 4.06. The largest absolute Gasteiger partial charge is 0.488 e. The number of halogens is 2. The van der Waals surface area contributed by atoms with Gasteiger partial charge in [-0.3, -0.25) is 4.98 Å². The third-order valence-electron chi connectivity index (χ3n) is 5.01. The number of aromatic nitrogens is 1. The van der Waals surface area contributed by atoms with E-state index in [1.54, 1.807) is 24.4 Å². The summed E-state index contributed by atoms with van der Waals surface area (Å²) in [4.78, 5) is 4.38. The SMILES string of the molecule is C=CCOc1ccc(CCc2ccc(C#Cc3ccc4cc(F)ccc4c3)c(F)c2)nc1. The lowest BCUT2D eigenvalue weighted by Crippen LogP contribution is -1.98. The fraction of sp³-hybridized carbons (Fsp3) is 0.107. The van der Waals surface area contributed by atoms with E-state index in [-0.39, 0.29) is 11.6 Å². The van der Waals surface area contributed by atoms with Gasteiger partial charge < -0.3 is 4.74 Å². The molecule has 0 aliphatic rings. The molecule has 0 atom stereocenters. The van der Waals surface area contributed by atoms with Crippen molar-refractivity contribution in [3.63, 3.8) is 0 Å². The molecule has 0 radical (unpaired) electrons. The Kier molecular flexibility index (Phi) is 6.57. The van der Waals surface area contributed by atoms with Crippen LogP contribution in [-0.2, 0) is 12.8 Å². The lowest BCUT2D eigenvalue weighted by Gasteiger charge is -2.05. The molecule has 0 unspecified atom stereocenters. The van der Waals surface area contributed by atoms with Crippen LogP contribution >= 0.6 is 0 Å². The van der Waals surface area contributed by atoms with Gasteiger partial charge in [-0.15, -0.1) is 0 Å². The van der Waals surface area contributed by atoms with Gasteiger partial charge in [0.25, 0.3) is 0 Å². The van der Waals surface area contributed by atoms with Crippen LogP contribution in [0.2, 0.25) is 0 Å². The predicted molar refractivity (Wildman–Crippen MR) is 124 cm³/mol. The van der Waals surface area contributed by atoms with E-state index in [4.69, 9.17) is 4.74 Å². The first kappa shape index (κ1) is 21.3. The zero-order chi connectivity index (χ0) is 22.3.